The summed E-state index contributed by atoms with van der Waals surface area (Å²) in [4.78, 5) is 23.8. The first-order chi connectivity index (χ1) is 12.4. The van der Waals surface area contributed by atoms with Crippen molar-refractivity contribution in [2.45, 2.75) is 58.7 Å². The maximum absolute atomic E-state index is 11.9. The van der Waals surface area contributed by atoms with Crippen LogP contribution in [0.1, 0.15) is 52.9 Å². The minimum Gasteiger partial charge on any atom is -0.494 e. The number of carbonyl (C=O) groups is 2. The zero-order valence-corrected chi connectivity index (χ0v) is 15.7. The van der Waals surface area contributed by atoms with Crippen molar-refractivity contribution in [3.63, 3.8) is 0 Å². The van der Waals surface area contributed by atoms with E-state index in [0.717, 1.165) is 12.2 Å². The Hall–Kier alpha value is -2.50. The highest BCUT2D eigenvalue weighted by molar-refractivity contribution is 6.15. The lowest BCUT2D eigenvalue weighted by molar-refractivity contribution is -0.222. The van der Waals surface area contributed by atoms with Gasteiger partial charge in [0.25, 0.3) is 5.79 Å². The molecule has 6 nitrogen and oxygen atoms in total. The van der Waals surface area contributed by atoms with Crippen molar-refractivity contribution in [3.8, 4) is 5.75 Å². The smallest absolute Gasteiger partial charge is 0.350 e. The molecule has 6 heteroatoms. The summed E-state index contributed by atoms with van der Waals surface area (Å²) in [5, 5.41) is 2.92. The Balaban J connectivity index is 1.88. The molecule has 0 aromatic heterocycles. The molecule has 0 amide bonds. The number of hydrogen-bond acceptors (Lipinski definition) is 6. The number of esters is 2. The Morgan fingerprint density at radius 3 is 2.46 bits per heavy atom. The maximum Gasteiger partial charge on any atom is 0.350 e. The fourth-order valence-corrected chi connectivity index (χ4v) is 2.51. The summed E-state index contributed by atoms with van der Waals surface area (Å²) in [6, 6.07) is 7.34. The number of ether oxygens (including phenoxy) is 3. The number of carbonyl (C=O) groups excluding carboxylic acids is 2. The van der Waals surface area contributed by atoms with E-state index in [1.165, 1.54) is 45.7 Å². The highest BCUT2D eigenvalue weighted by Gasteiger charge is 2.38. The second kappa shape index (κ2) is 9.27. The zero-order valence-electron chi connectivity index (χ0n) is 15.7. The van der Waals surface area contributed by atoms with Gasteiger partial charge in [0.05, 0.1) is 6.61 Å². The molecule has 0 bridgehead atoms. The summed E-state index contributed by atoms with van der Waals surface area (Å²) in [5.41, 5.74) is 0.526. The number of rotatable bonds is 9. The molecule has 1 aromatic carbocycles. The minimum atomic E-state index is -1.24. The highest BCUT2D eigenvalue weighted by Crippen LogP contribution is 2.23. The van der Waals surface area contributed by atoms with Gasteiger partial charge in [0.15, 0.2) is 5.57 Å². The molecule has 2 rings (SSSR count). The SMILES string of the molecule is CCCCCCCOc1cccc(NC=C2C(=O)OC(C)(C)OC2=O)c1. The molecule has 1 saturated heterocycles. The van der Waals surface area contributed by atoms with Crippen molar-refractivity contribution >= 4 is 17.6 Å². The predicted molar refractivity (Wildman–Crippen MR) is 98.7 cm³/mol. The summed E-state index contributed by atoms with van der Waals surface area (Å²) in [6.07, 6.45) is 7.20. The van der Waals surface area contributed by atoms with Gasteiger partial charge in [-0.05, 0) is 18.6 Å². The topological polar surface area (TPSA) is 73.9 Å². The van der Waals surface area contributed by atoms with Gasteiger partial charge in [0, 0.05) is 31.8 Å². The standard InChI is InChI=1S/C20H27NO5/c1-4-5-6-7-8-12-24-16-11-9-10-15(13-16)21-14-17-18(22)25-20(2,3)26-19(17)23/h9-11,13-14,21H,4-8,12H2,1-3H3. The van der Waals surface area contributed by atoms with E-state index in [0.29, 0.717) is 12.3 Å². The van der Waals surface area contributed by atoms with E-state index < -0.39 is 17.7 Å². The molecule has 1 heterocycles. The number of hydrogen-bond donors (Lipinski definition) is 1. The second-order valence-electron chi connectivity index (χ2n) is 6.67. The largest absolute Gasteiger partial charge is 0.494 e. The van der Waals surface area contributed by atoms with Crippen LogP contribution in [0, 0.1) is 0 Å². The summed E-state index contributed by atoms with van der Waals surface area (Å²) in [5.74, 6) is -1.92. The second-order valence-corrected chi connectivity index (χ2v) is 6.67. The summed E-state index contributed by atoms with van der Waals surface area (Å²) in [7, 11) is 0. The molecule has 1 N–H and O–H groups in total. The van der Waals surface area contributed by atoms with Gasteiger partial charge in [-0.15, -0.1) is 0 Å². The third-order valence-electron chi connectivity index (χ3n) is 3.85. The van der Waals surface area contributed by atoms with Gasteiger partial charge in [-0.3, -0.25) is 0 Å². The van der Waals surface area contributed by atoms with Gasteiger partial charge >= 0.3 is 11.9 Å². The van der Waals surface area contributed by atoms with Gasteiger partial charge in [-0.2, -0.15) is 0 Å². The molecule has 0 saturated carbocycles. The quantitative estimate of drug-likeness (QED) is 0.308. The molecule has 1 aliphatic heterocycles. The summed E-state index contributed by atoms with van der Waals surface area (Å²) < 4.78 is 15.8. The Morgan fingerprint density at radius 2 is 1.77 bits per heavy atom. The fourth-order valence-electron chi connectivity index (χ4n) is 2.51. The lowest BCUT2D eigenvalue weighted by atomic mass is 10.2. The van der Waals surface area contributed by atoms with Gasteiger partial charge in [-0.1, -0.05) is 38.7 Å². The van der Waals surface area contributed by atoms with E-state index in [9.17, 15) is 9.59 Å². The van der Waals surface area contributed by atoms with Crippen LogP contribution in [-0.2, 0) is 19.1 Å². The average Bonchev–Trinajstić information content (AvgIpc) is 2.56. The van der Waals surface area contributed by atoms with Crippen molar-refractivity contribution in [3.05, 3.63) is 36.0 Å². The molecule has 0 aliphatic carbocycles. The van der Waals surface area contributed by atoms with Gasteiger partial charge < -0.3 is 19.5 Å². The van der Waals surface area contributed by atoms with Crippen LogP contribution in [-0.4, -0.2) is 24.3 Å². The Morgan fingerprint density at radius 1 is 1.08 bits per heavy atom. The van der Waals surface area contributed by atoms with Crippen LogP contribution in [0.15, 0.2) is 36.0 Å². The van der Waals surface area contributed by atoms with Crippen molar-refractivity contribution in [2.75, 3.05) is 11.9 Å². The zero-order chi connectivity index (χ0) is 19.0. The van der Waals surface area contributed by atoms with Gasteiger partial charge in [-0.25, -0.2) is 9.59 Å². The monoisotopic (exact) mass is 361 g/mol. The number of anilines is 1. The third-order valence-corrected chi connectivity index (χ3v) is 3.85. The Labute approximate surface area is 154 Å². The first-order valence-electron chi connectivity index (χ1n) is 9.07. The van der Waals surface area contributed by atoms with Crippen LogP contribution >= 0.6 is 0 Å². The van der Waals surface area contributed by atoms with Crippen molar-refractivity contribution in [1.29, 1.82) is 0 Å². The average molecular weight is 361 g/mol. The van der Waals surface area contributed by atoms with Crippen LogP contribution in [0.4, 0.5) is 5.69 Å². The van der Waals surface area contributed by atoms with Crippen LogP contribution in [0.5, 0.6) is 5.75 Å². The molecule has 0 spiro atoms. The molecule has 0 unspecified atom stereocenters. The molecular weight excluding hydrogens is 334 g/mol. The van der Waals surface area contributed by atoms with Crippen molar-refractivity contribution in [2.24, 2.45) is 0 Å². The van der Waals surface area contributed by atoms with Crippen LogP contribution in [0.25, 0.3) is 0 Å². The van der Waals surface area contributed by atoms with Gasteiger partial charge in [0.2, 0.25) is 0 Å². The lowest BCUT2D eigenvalue weighted by Gasteiger charge is -2.29. The molecule has 26 heavy (non-hydrogen) atoms. The van der Waals surface area contributed by atoms with E-state index in [2.05, 4.69) is 12.2 Å². The molecule has 142 valence electrons. The first kappa shape index (κ1) is 19.8. The molecule has 0 radical (unpaired) electrons. The first-order valence-corrected chi connectivity index (χ1v) is 9.07. The number of nitrogens with one attached hydrogen (secondary N) is 1. The van der Waals surface area contributed by atoms with E-state index in [-0.39, 0.29) is 5.57 Å². The van der Waals surface area contributed by atoms with Gasteiger partial charge in [0.1, 0.15) is 5.75 Å². The molecule has 1 aliphatic rings. The van der Waals surface area contributed by atoms with E-state index in [4.69, 9.17) is 14.2 Å². The number of benzene rings is 1. The van der Waals surface area contributed by atoms with E-state index in [1.54, 1.807) is 0 Å². The number of unbranched alkanes of at least 4 members (excludes halogenated alkanes) is 4. The summed E-state index contributed by atoms with van der Waals surface area (Å²) in [6.45, 7) is 5.88. The molecule has 1 aromatic rings. The fraction of sp³-hybridized carbons (Fsp3) is 0.500. The molecule has 1 fully saturated rings. The normalized spacial score (nSPS) is 15.9. The lowest BCUT2D eigenvalue weighted by Crippen LogP contribution is -2.42. The third kappa shape index (κ3) is 6.10. The predicted octanol–water partition coefficient (Wildman–Crippen LogP) is 4.17. The molecule has 0 atom stereocenters. The van der Waals surface area contributed by atoms with Crippen LogP contribution in [0.2, 0.25) is 0 Å². The molecular formula is C20H27NO5. The van der Waals surface area contributed by atoms with Crippen molar-refractivity contribution < 1.29 is 23.8 Å². The summed E-state index contributed by atoms with van der Waals surface area (Å²) >= 11 is 0. The Kier molecular flexibility index (Phi) is 7.06. The van der Waals surface area contributed by atoms with E-state index >= 15 is 0 Å². The number of cyclic esters (lactones) is 2. The Bertz CT molecular complexity index is 644. The van der Waals surface area contributed by atoms with Crippen LogP contribution in [0.3, 0.4) is 0 Å². The maximum atomic E-state index is 11.9. The highest BCUT2D eigenvalue weighted by atomic mass is 16.7. The van der Waals surface area contributed by atoms with E-state index in [1.807, 2.05) is 24.3 Å². The minimum absolute atomic E-state index is 0.174. The van der Waals surface area contributed by atoms with Crippen LogP contribution < -0.4 is 10.1 Å². The van der Waals surface area contributed by atoms with Crippen molar-refractivity contribution in [1.82, 2.24) is 0 Å².